The van der Waals surface area contributed by atoms with Crippen LogP contribution in [0.1, 0.15) is 47.7 Å². The van der Waals surface area contributed by atoms with Gasteiger partial charge in [-0.1, -0.05) is 6.07 Å². The number of pyridine rings is 2. The van der Waals surface area contributed by atoms with Gasteiger partial charge < -0.3 is 24.2 Å². The molecule has 0 atom stereocenters. The van der Waals surface area contributed by atoms with E-state index in [0.29, 0.717) is 60.7 Å². The predicted molar refractivity (Wildman–Crippen MR) is 138 cm³/mol. The Kier molecular flexibility index (Phi) is 5.78. The van der Waals surface area contributed by atoms with Gasteiger partial charge in [-0.25, -0.2) is 14.8 Å². The Hall–Kier alpha value is -4.06. The van der Waals surface area contributed by atoms with E-state index in [1.165, 1.54) is 11.9 Å². The number of amides is 2. The maximum Gasteiger partial charge on any atom is 0.407 e. The standard InChI is InChI=1S/C26H30N8O4/c1-26(2)8-7-21-29-30-23(34(21)26)18-5-4-6-20(27-18)33-14-17-16(24(33)35)13-22(32-9-11-38-12-10-32)28-19(17)15-31(3)25(36)37/h4-6,13H,7-12,14-15H2,1-3H3,(H,36,37). The van der Waals surface area contributed by atoms with Crippen molar-refractivity contribution in [2.75, 3.05) is 43.2 Å². The van der Waals surface area contributed by atoms with Crippen molar-refractivity contribution >= 4 is 23.6 Å². The van der Waals surface area contributed by atoms with Gasteiger partial charge in [0.1, 0.15) is 23.2 Å². The number of rotatable bonds is 5. The molecule has 0 bridgehead atoms. The van der Waals surface area contributed by atoms with Gasteiger partial charge in [0.25, 0.3) is 5.91 Å². The van der Waals surface area contributed by atoms with Gasteiger partial charge >= 0.3 is 6.09 Å². The minimum Gasteiger partial charge on any atom is -0.465 e. The van der Waals surface area contributed by atoms with Crippen LogP contribution < -0.4 is 9.80 Å². The molecule has 0 saturated carbocycles. The maximum absolute atomic E-state index is 13.7. The van der Waals surface area contributed by atoms with E-state index < -0.39 is 6.09 Å². The number of morpholine rings is 1. The number of aromatic nitrogens is 5. The third kappa shape index (κ3) is 4.05. The third-order valence-electron chi connectivity index (χ3n) is 7.57. The number of anilines is 2. The number of hydrogen-bond acceptors (Lipinski definition) is 8. The second-order valence-electron chi connectivity index (χ2n) is 10.6. The van der Waals surface area contributed by atoms with Crippen molar-refractivity contribution in [2.24, 2.45) is 0 Å². The highest BCUT2D eigenvalue weighted by Crippen LogP contribution is 2.36. The Morgan fingerprint density at radius 3 is 2.71 bits per heavy atom. The molecule has 1 fully saturated rings. The van der Waals surface area contributed by atoms with Crippen LogP contribution >= 0.6 is 0 Å². The molecule has 6 heterocycles. The van der Waals surface area contributed by atoms with Gasteiger partial charge in [-0.3, -0.25) is 9.69 Å². The van der Waals surface area contributed by atoms with E-state index in [9.17, 15) is 14.7 Å². The average molecular weight is 519 g/mol. The van der Waals surface area contributed by atoms with E-state index in [1.807, 2.05) is 18.2 Å². The molecule has 3 aromatic rings. The first-order chi connectivity index (χ1) is 18.2. The van der Waals surface area contributed by atoms with Crippen LogP contribution in [0.2, 0.25) is 0 Å². The quantitative estimate of drug-likeness (QED) is 0.541. The van der Waals surface area contributed by atoms with Crippen molar-refractivity contribution in [1.82, 2.24) is 29.6 Å². The molecule has 2 amide bonds. The van der Waals surface area contributed by atoms with Gasteiger partial charge in [0.15, 0.2) is 5.82 Å². The highest BCUT2D eigenvalue weighted by Gasteiger charge is 2.36. The summed E-state index contributed by atoms with van der Waals surface area (Å²) in [4.78, 5) is 39.8. The fourth-order valence-corrected chi connectivity index (χ4v) is 5.42. The minimum atomic E-state index is -1.06. The third-order valence-corrected chi connectivity index (χ3v) is 7.57. The van der Waals surface area contributed by atoms with Gasteiger partial charge in [0, 0.05) is 37.7 Å². The van der Waals surface area contributed by atoms with Crippen molar-refractivity contribution in [1.29, 1.82) is 0 Å². The van der Waals surface area contributed by atoms with Crippen LogP contribution in [0.4, 0.5) is 16.4 Å². The summed E-state index contributed by atoms with van der Waals surface area (Å²) in [7, 11) is 1.50. The smallest absolute Gasteiger partial charge is 0.407 e. The molecule has 3 aliphatic heterocycles. The van der Waals surface area contributed by atoms with Crippen LogP contribution in [0.25, 0.3) is 11.5 Å². The SMILES string of the molecule is CN(Cc1nc(N2CCOCC2)cc2c1CN(c1cccc(-c3nnc4n3C(C)(C)CC4)n1)C2=O)C(=O)O. The molecule has 0 aromatic carbocycles. The van der Waals surface area contributed by atoms with E-state index in [4.69, 9.17) is 14.7 Å². The number of fused-ring (bicyclic) bond motifs is 2. The number of carbonyl (C=O) groups is 2. The molecule has 12 nitrogen and oxygen atoms in total. The summed E-state index contributed by atoms with van der Waals surface area (Å²) in [6.45, 7) is 7.11. The summed E-state index contributed by atoms with van der Waals surface area (Å²) in [6.07, 6.45) is 0.791. The molecule has 0 aliphatic carbocycles. The van der Waals surface area contributed by atoms with E-state index in [2.05, 4.69) is 33.5 Å². The van der Waals surface area contributed by atoms with Gasteiger partial charge in [-0.05, 0) is 38.5 Å². The van der Waals surface area contributed by atoms with E-state index in [0.717, 1.165) is 24.2 Å². The Labute approximate surface area is 219 Å². The first-order valence-corrected chi connectivity index (χ1v) is 12.8. The second-order valence-corrected chi connectivity index (χ2v) is 10.6. The molecule has 198 valence electrons. The van der Waals surface area contributed by atoms with Crippen LogP contribution in [-0.4, -0.2) is 80.1 Å². The topological polar surface area (TPSA) is 130 Å². The van der Waals surface area contributed by atoms with Crippen LogP contribution in [0.3, 0.4) is 0 Å². The number of hydrogen-bond donors (Lipinski definition) is 1. The van der Waals surface area contributed by atoms with E-state index >= 15 is 0 Å². The van der Waals surface area contributed by atoms with Gasteiger partial charge in [0.2, 0.25) is 0 Å². The fourth-order valence-electron chi connectivity index (χ4n) is 5.42. The molecular weight excluding hydrogens is 488 g/mol. The van der Waals surface area contributed by atoms with Gasteiger partial charge in [0.05, 0.1) is 37.6 Å². The Bertz CT molecular complexity index is 1430. The van der Waals surface area contributed by atoms with Crippen molar-refractivity contribution in [3.8, 4) is 11.5 Å². The lowest BCUT2D eigenvalue weighted by Gasteiger charge is -2.28. The molecule has 6 rings (SSSR count). The molecule has 0 spiro atoms. The van der Waals surface area contributed by atoms with Crippen molar-refractivity contribution in [3.63, 3.8) is 0 Å². The first kappa shape index (κ1) is 24.3. The first-order valence-electron chi connectivity index (χ1n) is 12.8. The highest BCUT2D eigenvalue weighted by molar-refractivity contribution is 6.10. The maximum atomic E-state index is 13.7. The molecule has 3 aromatic heterocycles. The Morgan fingerprint density at radius 1 is 1.16 bits per heavy atom. The number of carbonyl (C=O) groups excluding carboxylic acids is 1. The summed E-state index contributed by atoms with van der Waals surface area (Å²) in [6, 6.07) is 7.37. The van der Waals surface area contributed by atoms with Gasteiger partial charge in [-0.15, -0.1) is 10.2 Å². The lowest BCUT2D eigenvalue weighted by molar-refractivity contribution is 0.0995. The van der Waals surface area contributed by atoms with Crippen LogP contribution in [0.5, 0.6) is 0 Å². The Morgan fingerprint density at radius 2 is 1.95 bits per heavy atom. The molecular formula is C26H30N8O4. The van der Waals surface area contributed by atoms with Crippen LogP contribution in [0.15, 0.2) is 24.3 Å². The van der Waals surface area contributed by atoms with Crippen molar-refractivity contribution in [2.45, 2.75) is 45.3 Å². The lowest BCUT2D eigenvalue weighted by atomic mass is 10.0. The fraction of sp³-hybridized carbons (Fsp3) is 0.462. The molecule has 38 heavy (non-hydrogen) atoms. The number of ether oxygens (including phenoxy) is 1. The van der Waals surface area contributed by atoms with E-state index in [-0.39, 0.29) is 24.5 Å². The highest BCUT2D eigenvalue weighted by atomic mass is 16.5. The molecule has 1 saturated heterocycles. The largest absolute Gasteiger partial charge is 0.465 e. The zero-order chi connectivity index (χ0) is 26.6. The van der Waals surface area contributed by atoms with Crippen molar-refractivity contribution in [3.05, 3.63) is 46.9 Å². The number of carboxylic acid groups (broad SMARTS) is 1. The normalized spacial score (nSPS) is 18.0. The zero-order valence-corrected chi connectivity index (χ0v) is 21.7. The van der Waals surface area contributed by atoms with Crippen molar-refractivity contribution < 1.29 is 19.4 Å². The second kappa shape index (κ2) is 9.05. The van der Waals surface area contributed by atoms with E-state index in [1.54, 1.807) is 11.0 Å². The summed E-state index contributed by atoms with van der Waals surface area (Å²) in [5.74, 6) is 2.60. The van der Waals surface area contributed by atoms with Crippen LogP contribution in [-0.2, 0) is 29.8 Å². The average Bonchev–Trinajstić information content (AvgIpc) is 3.58. The molecule has 12 heteroatoms. The minimum absolute atomic E-state index is 0.0748. The number of nitrogens with zero attached hydrogens (tertiary/aromatic N) is 8. The lowest BCUT2D eigenvalue weighted by Crippen LogP contribution is -2.37. The molecule has 0 radical (unpaired) electrons. The molecule has 0 unspecified atom stereocenters. The summed E-state index contributed by atoms with van der Waals surface area (Å²) in [5, 5.41) is 18.3. The van der Waals surface area contributed by atoms with Crippen LogP contribution in [0, 0.1) is 0 Å². The Balaban J connectivity index is 1.37. The summed E-state index contributed by atoms with van der Waals surface area (Å²) in [5.41, 5.74) is 2.35. The summed E-state index contributed by atoms with van der Waals surface area (Å²) < 4.78 is 7.61. The zero-order valence-electron chi connectivity index (χ0n) is 21.7. The molecule has 1 N–H and O–H groups in total. The summed E-state index contributed by atoms with van der Waals surface area (Å²) >= 11 is 0. The number of aryl methyl sites for hydroxylation is 1. The molecule has 3 aliphatic rings. The predicted octanol–water partition coefficient (Wildman–Crippen LogP) is 2.52. The van der Waals surface area contributed by atoms with Gasteiger partial charge in [-0.2, -0.15) is 0 Å². The monoisotopic (exact) mass is 518 g/mol.